The predicted octanol–water partition coefficient (Wildman–Crippen LogP) is 3.44. The molecule has 0 aromatic carbocycles. The third-order valence-corrected chi connectivity index (χ3v) is 1.58. The highest BCUT2D eigenvalue weighted by Crippen LogP contribution is 2.23. The van der Waals surface area contributed by atoms with Crippen molar-refractivity contribution in [3.63, 3.8) is 0 Å². The van der Waals surface area contributed by atoms with Crippen molar-refractivity contribution in [1.29, 1.82) is 0 Å². The predicted molar refractivity (Wildman–Crippen MR) is 56.3 cm³/mol. The minimum atomic E-state index is -2.64. The highest BCUT2D eigenvalue weighted by atomic mass is 19.3. The number of allylic oxidation sites excluding steroid dienone is 1. The fourth-order valence-corrected chi connectivity index (χ4v) is 0.956. The van der Waals surface area contributed by atoms with E-state index in [2.05, 4.69) is 16.7 Å². The van der Waals surface area contributed by atoms with E-state index < -0.39 is 5.92 Å². The number of rotatable bonds is 6. The normalized spacial score (nSPS) is 13.6. The molecule has 0 saturated heterocycles. The number of hydrogen-bond acceptors (Lipinski definition) is 2. The molecule has 14 heavy (non-hydrogen) atoms. The third kappa shape index (κ3) is 6.46. The number of alkyl halides is 2. The lowest BCUT2D eigenvalue weighted by Gasteiger charge is -2.11. The number of hydrogen-bond donors (Lipinski definition) is 0. The van der Waals surface area contributed by atoms with Crippen molar-refractivity contribution in [3.8, 4) is 0 Å². The van der Waals surface area contributed by atoms with Crippen LogP contribution in [-0.4, -0.2) is 18.9 Å². The molecule has 0 fully saturated rings. The molecule has 0 atom stereocenters. The molecule has 0 amide bonds. The lowest BCUT2D eigenvalue weighted by molar-refractivity contribution is 0.000545. The number of halogens is 2. The van der Waals surface area contributed by atoms with Crippen LogP contribution in [0.15, 0.2) is 21.9 Å². The van der Waals surface area contributed by atoms with Crippen LogP contribution in [0, 0.1) is 0 Å². The van der Waals surface area contributed by atoms with Crippen molar-refractivity contribution in [3.05, 3.63) is 11.9 Å². The van der Waals surface area contributed by atoms with Gasteiger partial charge < -0.3 is 0 Å². The molecule has 0 saturated carbocycles. The van der Waals surface area contributed by atoms with Gasteiger partial charge in [0.25, 0.3) is 5.92 Å². The molecule has 0 aliphatic rings. The lowest BCUT2D eigenvalue weighted by Crippen LogP contribution is -2.15. The van der Waals surface area contributed by atoms with Gasteiger partial charge in [-0.1, -0.05) is 13.3 Å². The van der Waals surface area contributed by atoms with E-state index in [1.54, 1.807) is 13.8 Å². The molecule has 0 heterocycles. The second-order valence-corrected chi connectivity index (χ2v) is 3.07. The van der Waals surface area contributed by atoms with Crippen molar-refractivity contribution in [2.45, 2.75) is 39.0 Å². The first-order valence-corrected chi connectivity index (χ1v) is 4.55. The van der Waals surface area contributed by atoms with Crippen LogP contribution in [0.25, 0.3) is 0 Å². The smallest absolute Gasteiger partial charge is 0.253 e. The van der Waals surface area contributed by atoms with Crippen LogP contribution in [0.5, 0.6) is 0 Å². The summed E-state index contributed by atoms with van der Waals surface area (Å²) >= 11 is 0. The van der Waals surface area contributed by atoms with Crippen LogP contribution in [0.1, 0.15) is 33.1 Å². The maximum Gasteiger partial charge on any atom is 0.253 e. The summed E-state index contributed by atoms with van der Waals surface area (Å²) in [6, 6.07) is 0. The van der Waals surface area contributed by atoms with E-state index in [4.69, 9.17) is 0 Å². The largest absolute Gasteiger partial charge is 0.271 e. The average Bonchev–Trinajstić information content (AvgIpc) is 2.03. The first-order valence-electron chi connectivity index (χ1n) is 4.55. The molecule has 0 rings (SSSR count). The Balaban J connectivity index is 4.03. The minimum Gasteiger partial charge on any atom is -0.271 e. The van der Waals surface area contributed by atoms with Crippen molar-refractivity contribution >= 4 is 12.9 Å². The van der Waals surface area contributed by atoms with E-state index in [9.17, 15) is 8.78 Å². The van der Waals surface area contributed by atoms with Crippen LogP contribution in [0.3, 0.4) is 0 Å². The van der Waals surface area contributed by atoms with Crippen molar-refractivity contribution in [1.82, 2.24) is 0 Å². The molecular weight excluding hydrogens is 186 g/mol. The topological polar surface area (TPSA) is 24.7 Å². The van der Waals surface area contributed by atoms with Crippen LogP contribution in [0.2, 0.25) is 0 Å². The molecule has 0 radical (unpaired) electrons. The molecule has 0 bridgehead atoms. The van der Waals surface area contributed by atoms with Gasteiger partial charge in [0.1, 0.15) is 0 Å². The van der Waals surface area contributed by atoms with E-state index in [-0.39, 0.29) is 12.8 Å². The summed E-state index contributed by atoms with van der Waals surface area (Å²) in [5.74, 6) is -2.64. The Morgan fingerprint density at radius 1 is 1.50 bits per heavy atom. The minimum absolute atomic E-state index is 0.0957. The monoisotopic (exact) mass is 202 g/mol. The summed E-state index contributed by atoms with van der Waals surface area (Å²) in [7, 11) is 0. The SMILES string of the molecule is C=N/C=C(C)\N=C/CC(F)(F)CCC. The van der Waals surface area contributed by atoms with Crippen LogP contribution < -0.4 is 0 Å². The Kier molecular flexibility index (Phi) is 5.92. The molecule has 0 aliphatic heterocycles. The number of aliphatic imine (C=N–C) groups is 2. The van der Waals surface area contributed by atoms with Gasteiger partial charge in [0, 0.05) is 25.3 Å². The van der Waals surface area contributed by atoms with Crippen LogP contribution >= 0.6 is 0 Å². The van der Waals surface area contributed by atoms with E-state index in [0.717, 1.165) is 0 Å². The quantitative estimate of drug-likeness (QED) is 0.589. The van der Waals surface area contributed by atoms with Gasteiger partial charge in [-0.3, -0.25) is 9.98 Å². The van der Waals surface area contributed by atoms with E-state index >= 15 is 0 Å². The van der Waals surface area contributed by atoms with Crippen molar-refractivity contribution in [2.24, 2.45) is 9.98 Å². The fourth-order valence-electron chi connectivity index (χ4n) is 0.956. The van der Waals surface area contributed by atoms with E-state index in [0.29, 0.717) is 12.1 Å². The highest BCUT2D eigenvalue weighted by molar-refractivity contribution is 5.60. The van der Waals surface area contributed by atoms with Gasteiger partial charge >= 0.3 is 0 Å². The highest BCUT2D eigenvalue weighted by Gasteiger charge is 2.25. The zero-order valence-electron chi connectivity index (χ0n) is 8.63. The summed E-state index contributed by atoms with van der Waals surface area (Å²) < 4.78 is 25.8. The molecule has 0 N–H and O–H groups in total. The Hall–Kier alpha value is -1.06. The molecule has 0 aliphatic carbocycles. The van der Waals surface area contributed by atoms with Gasteiger partial charge in [-0.05, 0) is 13.6 Å². The van der Waals surface area contributed by atoms with Gasteiger partial charge in [-0.15, -0.1) is 0 Å². The first kappa shape index (κ1) is 12.9. The molecule has 4 heteroatoms. The zero-order valence-corrected chi connectivity index (χ0v) is 8.63. The van der Waals surface area contributed by atoms with Crippen LogP contribution in [-0.2, 0) is 0 Å². The van der Waals surface area contributed by atoms with Crippen LogP contribution in [0.4, 0.5) is 8.78 Å². The molecule has 0 spiro atoms. The van der Waals surface area contributed by atoms with Gasteiger partial charge in [0.15, 0.2) is 0 Å². The molecule has 0 aromatic heterocycles. The summed E-state index contributed by atoms with van der Waals surface area (Å²) in [5.41, 5.74) is 0.576. The molecule has 2 nitrogen and oxygen atoms in total. The standard InChI is InChI=1S/C10H16F2N2/c1-4-5-10(11,12)6-7-14-9(2)8-13-3/h7-8H,3-6H2,1-2H3/b9-8-,14-7-. The Morgan fingerprint density at radius 2 is 2.14 bits per heavy atom. The molecule has 0 aromatic rings. The van der Waals surface area contributed by atoms with E-state index in [1.165, 1.54) is 12.4 Å². The van der Waals surface area contributed by atoms with Gasteiger partial charge in [0.2, 0.25) is 0 Å². The summed E-state index contributed by atoms with van der Waals surface area (Å²) in [6.07, 6.45) is 2.72. The average molecular weight is 202 g/mol. The summed E-state index contributed by atoms with van der Waals surface area (Å²) in [5, 5.41) is 0. The van der Waals surface area contributed by atoms with Gasteiger partial charge in [-0.25, -0.2) is 8.78 Å². The Bertz CT molecular complexity index is 232. The fraction of sp³-hybridized carbons (Fsp3) is 0.600. The maximum absolute atomic E-state index is 12.9. The summed E-state index contributed by atoms with van der Waals surface area (Å²) in [4.78, 5) is 7.28. The molecular formula is C10H16F2N2. The summed E-state index contributed by atoms with van der Waals surface area (Å²) in [6.45, 7) is 6.66. The number of nitrogens with zero attached hydrogens (tertiary/aromatic N) is 2. The third-order valence-electron chi connectivity index (χ3n) is 1.58. The maximum atomic E-state index is 12.9. The van der Waals surface area contributed by atoms with E-state index in [1.807, 2.05) is 0 Å². The molecule has 0 unspecified atom stereocenters. The second-order valence-electron chi connectivity index (χ2n) is 3.07. The van der Waals surface area contributed by atoms with Gasteiger partial charge in [-0.2, -0.15) is 0 Å². The van der Waals surface area contributed by atoms with Gasteiger partial charge in [0.05, 0.1) is 5.70 Å². The van der Waals surface area contributed by atoms with Crippen molar-refractivity contribution < 1.29 is 8.78 Å². The zero-order chi connectivity index (χ0) is 11.0. The Labute approximate surface area is 83.5 Å². The second kappa shape index (κ2) is 6.40. The lowest BCUT2D eigenvalue weighted by atomic mass is 10.1. The first-order chi connectivity index (χ1) is 6.52. The molecule has 80 valence electrons. The van der Waals surface area contributed by atoms with Crippen molar-refractivity contribution in [2.75, 3.05) is 0 Å². The Morgan fingerprint density at radius 3 is 2.64 bits per heavy atom.